The lowest BCUT2D eigenvalue weighted by molar-refractivity contribution is -0.143. The standard InChI is InChI=1S/C11H20N4O7/c12-5(3-16)9(19)14-6(1-2-8(13)18)10(20)15-7(4-17)11(21)22/h5-7,16-17H,1-4,12H2,(H2,13,18)(H,14,19)(H,15,20)(H,21,22). The molecule has 0 heterocycles. The average Bonchev–Trinajstić information content (AvgIpc) is 2.46. The van der Waals surface area contributed by atoms with Gasteiger partial charge in [-0.2, -0.15) is 0 Å². The molecule has 0 aliphatic carbocycles. The van der Waals surface area contributed by atoms with E-state index in [4.69, 9.17) is 26.8 Å². The lowest BCUT2D eigenvalue weighted by Gasteiger charge is -2.21. The van der Waals surface area contributed by atoms with Crippen LogP contribution in [0.15, 0.2) is 0 Å². The first-order valence-electron chi connectivity index (χ1n) is 6.32. The second kappa shape index (κ2) is 9.65. The van der Waals surface area contributed by atoms with Gasteiger partial charge in [-0.3, -0.25) is 14.4 Å². The molecule has 126 valence electrons. The molecule has 0 aliphatic rings. The van der Waals surface area contributed by atoms with Crippen LogP contribution < -0.4 is 22.1 Å². The maximum absolute atomic E-state index is 11.9. The number of carbonyl (C=O) groups excluding carboxylic acids is 3. The SMILES string of the molecule is NC(=O)CCC(NC(=O)C(N)CO)C(=O)NC(CO)C(=O)O. The quantitative estimate of drug-likeness (QED) is 0.209. The van der Waals surface area contributed by atoms with Crippen molar-refractivity contribution in [3.63, 3.8) is 0 Å². The molecule has 3 amide bonds. The Kier molecular flexibility index (Phi) is 8.67. The zero-order valence-electron chi connectivity index (χ0n) is 11.7. The molecule has 9 N–H and O–H groups in total. The highest BCUT2D eigenvalue weighted by molar-refractivity contribution is 5.92. The summed E-state index contributed by atoms with van der Waals surface area (Å²) < 4.78 is 0. The molecular formula is C11H20N4O7. The molecule has 11 heteroatoms. The molecule has 0 rings (SSSR count). The molecule has 3 unspecified atom stereocenters. The molecule has 0 aliphatic heterocycles. The Labute approximate surface area is 125 Å². The predicted octanol–water partition coefficient (Wildman–Crippen LogP) is -4.38. The minimum absolute atomic E-state index is 0.192. The van der Waals surface area contributed by atoms with E-state index >= 15 is 0 Å². The topological polar surface area (TPSA) is 205 Å². The van der Waals surface area contributed by atoms with Crippen LogP contribution in [0, 0.1) is 0 Å². The molecule has 0 saturated carbocycles. The zero-order valence-corrected chi connectivity index (χ0v) is 11.7. The van der Waals surface area contributed by atoms with Crippen LogP contribution in [-0.2, 0) is 19.2 Å². The van der Waals surface area contributed by atoms with Crippen molar-refractivity contribution in [1.82, 2.24) is 10.6 Å². The summed E-state index contributed by atoms with van der Waals surface area (Å²) in [7, 11) is 0. The molecule has 0 radical (unpaired) electrons. The summed E-state index contributed by atoms with van der Waals surface area (Å²) >= 11 is 0. The molecule has 11 nitrogen and oxygen atoms in total. The van der Waals surface area contributed by atoms with Crippen LogP contribution >= 0.6 is 0 Å². The Bertz CT molecular complexity index is 429. The van der Waals surface area contributed by atoms with E-state index in [2.05, 4.69) is 5.32 Å². The number of aliphatic hydroxyl groups excluding tert-OH is 2. The number of carboxylic acid groups (broad SMARTS) is 1. The Hall–Kier alpha value is -2.24. The number of rotatable bonds is 10. The van der Waals surface area contributed by atoms with Crippen molar-refractivity contribution >= 4 is 23.7 Å². The van der Waals surface area contributed by atoms with Crippen molar-refractivity contribution in [2.45, 2.75) is 31.0 Å². The van der Waals surface area contributed by atoms with E-state index in [1.54, 1.807) is 0 Å². The molecule has 0 bridgehead atoms. The summed E-state index contributed by atoms with van der Waals surface area (Å²) in [5.74, 6) is -3.98. The van der Waals surface area contributed by atoms with Gasteiger partial charge in [-0.1, -0.05) is 0 Å². The van der Waals surface area contributed by atoms with Gasteiger partial charge in [0.25, 0.3) is 0 Å². The van der Waals surface area contributed by atoms with Gasteiger partial charge < -0.3 is 37.4 Å². The number of hydrogen-bond acceptors (Lipinski definition) is 7. The first-order valence-corrected chi connectivity index (χ1v) is 6.32. The summed E-state index contributed by atoms with van der Waals surface area (Å²) in [5.41, 5.74) is 10.2. The fourth-order valence-corrected chi connectivity index (χ4v) is 1.37. The number of nitrogens with two attached hydrogens (primary N) is 2. The lowest BCUT2D eigenvalue weighted by Crippen LogP contribution is -2.55. The van der Waals surface area contributed by atoms with Gasteiger partial charge >= 0.3 is 5.97 Å². The summed E-state index contributed by atoms with van der Waals surface area (Å²) in [4.78, 5) is 45.0. The maximum Gasteiger partial charge on any atom is 0.328 e. The van der Waals surface area contributed by atoms with Crippen LogP contribution in [-0.4, -0.2) is 70.3 Å². The van der Waals surface area contributed by atoms with Gasteiger partial charge in [-0.15, -0.1) is 0 Å². The van der Waals surface area contributed by atoms with Gasteiger partial charge in [0, 0.05) is 6.42 Å². The highest BCUT2D eigenvalue weighted by Crippen LogP contribution is 1.99. The number of hydrogen-bond donors (Lipinski definition) is 7. The van der Waals surface area contributed by atoms with E-state index in [-0.39, 0.29) is 12.8 Å². The monoisotopic (exact) mass is 320 g/mol. The normalized spacial score (nSPS) is 14.5. The van der Waals surface area contributed by atoms with Crippen LogP contribution in [0.4, 0.5) is 0 Å². The van der Waals surface area contributed by atoms with Crippen molar-refractivity contribution in [3.05, 3.63) is 0 Å². The average molecular weight is 320 g/mol. The Morgan fingerprint density at radius 1 is 0.955 bits per heavy atom. The van der Waals surface area contributed by atoms with Gasteiger partial charge in [-0.05, 0) is 6.42 Å². The molecular weight excluding hydrogens is 300 g/mol. The third-order valence-electron chi connectivity index (χ3n) is 2.64. The van der Waals surface area contributed by atoms with E-state index in [0.29, 0.717) is 0 Å². The number of aliphatic carboxylic acids is 1. The predicted molar refractivity (Wildman–Crippen MR) is 72.1 cm³/mol. The van der Waals surface area contributed by atoms with Crippen LogP contribution in [0.3, 0.4) is 0 Å². The summed E-state index contributed by atoms with van der Waals surface area (Å²) in [6.45, 7) is -1.52. The smallest absolute Gasteiger partial charge is 0.328 e. The number of carboxylic acids is 1. The molecule has 3 atom stereocenters. The number of amides is 3. The van der Waals surface area contributed by atoms with Crippen LogP contribution in [0.25, 0.3) is 0 Å². The molecule has 0 saturated heterocycles. The lowest BCUT2D eigenvalue weighted by atomic mass is 10.1. The third-order valence-corrected chi connectivity index (χ3v) is 2.64. The van der Waals surface area contributed by atoms with E-state index in [9.17, 15) is 19.2 Å². The van der Waals surface area contributed by atoms with Crippen molar-refractivity contribution in [2.75, 3.05) is 13.2 Å². The molecule has 0 fully saturated rings. The second-order valence-corrected chi connectivity index (χ2v) is 4.44. The maximum atomic E-state index is 11.9. The number of primary amides is 1. The van der Waals surface area contributed by atoms with Crippen molar-refractivity contribution < 1.29 is 34.5 Å². The molecule has 0 aromatic rings. The van der Waals surface area contributed by atoms with Crippen molar-refractivity contribution in [3.8, 4) is 0 Å². The minimum atomic E-state index is -1.56. The van der Waals surface area contributed by atoms with Gasteiger partial charge in [0.05, 0.1) is 13.2 Å². The fourth-order valence-electron chi connectivity index (χ4n) is 1.37. The van der Waals surface area contributed by atoms with Gasteiger partial charge in [-0.25, -0.2) is 4.79 Å². The van der Waals surface area contributed by atoms with Crippen LogP contribution in [0.2, 0.25) is 0 Å². The Morgan fingerprint density at radius 3 is 1.91 bits per heavy atom. The number of aliphatic hydroxyl groups is 2. The summed E-state index contributed by atoms with van der Waals surface area (Å²) in [5, 5.41) is 30.5. The van der Waals surface area contributed by atoms with E-state index in [0.717, 1.165) is 0 Å². The fraction of sp³-hybridized carbons (Fsp3) is 0.636. The molecule has 0 aromatic carbocycles. The van der Waals surface area contributed by atoms with E-state index in [1.807, 2.05) is 5.32 Å². The first-order chi connectivity index (χ1) is 10.2. The van der Waals surface area contributed by atoms with Crippen LogP contribution in [0.5, 0.6) is 0 Å². The van der Waals surface area contributed by atoms with Gasteiger partial charge in [0.2, 0.25) is 17.7 Å². The summed E-state index contributed by atoms with van der Waals surface area (Å²) in [6.07, 6.45) is -0.438. The van der Waals surface area contributed by atoms with Crippen molar-refractivity contribution in [1.29, 1.82) is 0 Å². The zero-order chi connectivity index (χ0) is 17.3. The third kappa shape index (κ3) is 6.97. The van der Waals surface area contributed by atoms with E-state index < -0.39 is 55.0 Å². The summed E-state index contributed by atoms with van der Waals surface area (Å²) in [6, 6.07) is -4.13. The highest BCUT2D eigenvalue weighted by atomic mass is 16.4. The molecule has 0 spiro atoms. The molecule has 0 aromatic heterocycles. The largest absolute Gasteiger partial charge is 0.480 e. The number of nitrogens with one attached hydrogen (secondary N) is 2. The van der Waals surface area contributed by atoms with Gasteiger partial charge in [0.15, 0.2) is 0 Å². The van der Waals surface area contributed by atoms with E-state index in [1.165, 1.54) is 0 Å². The highest BCUT2D eigenvalue weighted by Gasteiger charge is 2.27. The number of carbonyl (C=O) groups is 4. The van der Waals surface area contributed by atoms with Crippen molar-refractivity contribution in [2.24, 2.45) is 11.5 Å². The van der Waals surface area contributed by atoms with Gasteiger partial charge in [0.1, 0.15) is 18.1 Å². The second-order valence-electron chi connectivity index (χ2n) is 4.44. The van der Waals surface area contributed by atoms with Crippen LogP contribution in [0.1, 0.15) is 12.8 Å². The molecule has 22 heavy (non-hydrogen) atoms. The Balaban J connectivity index is 4.89. The Morgan fingerprint density at radius 2 is 1.50 bits per heavy atom. The first kappa shape index (κ1) is 19.8. The minimum Gasteiger partial charge on any atom is -0.480 e.